The number of allylic oxidation sites excluding steroid dienone is 4. The van der Waals surface area contributed by atoms with E-state index in [2.05, 4.69) is 0 Å². The number of alkyl halides is 4. The van der Waals surface area contributed by atoms with E-state index in [1.807, 2.05) is 0 Å². The van der Waals surface area contributed by atoms with Gasteiger partial charge in [0.25, 0.3) is 0 Å². The molecule has 0 aromatic rings. The molecule has 0 heterocycles. The Balaban J connectivity index is 2.74. The molecule has 0 nitrogen and oxygen atoms in total. The first-order valence-corrected chi connectivity index (χ1v) is 4.32. The fourth-order valence-corrected chi connectivity index (χ4v) is 1.76. The summed E-state index contributed by atoms with van der Waals surface area (Å²) >= 11 is 1.79. The summed E-state index contributed by atoms with van der Waals surface area (Å²) in [5.41, 5.74) is 0. The van der Waals surface area contributed by atoms with E-state index in [9.17, 15) is 13.2 Å². The van der Waals surface area contributed by atoms with E-state index in [0.29, 0.717) is 0 Å². The van der Waals surface area contributed by atoms with Crippen LogP contribution in [-0.2, 0) is 0 Å². The van der Waals surface area contributed by atoms with Gasteiger partial charge in [0, 0.05) is 3.92 Å². The molecule has 0 amide bonds. The monoisotopic (exact) mass is 274 g/mol. The van der Waals surface area contributed by atoms with Gasteiger partial charge in [-0.05, 0) is 0 Å². The van der Waals surface area contributed by atoms with Crippen LogP contribution >= 0.6 is 22.6 Å². The Bertz CT molecular complexity index is 192. The molecule has 1 rings (SSSR count). The van der Waals surface area contributed by atoms with Gasteiger partial charge in [-0.2, -0.15) is 13.2 Å². The van der Waals surface area contributed by atoms with Crippen molar-refractivity contribution >= 4 is 22.6 Å². The van der Waals surface area contributed by atoms with Crippen LogP contribution in [0.15, 0.2) is 24.3 Å². The van der Waals surface area contributed by atoms with E-state index in [-0.39, 0.29) is 0 Å². The topological polar surface area (TPSA) is 0 Å². The van der Waals surface area contributed by atoms with E-state index >= 15 is 0 Å². The number of rotatable bonds is 0. The van der Waals surface area contributed by atoms with E-state index in [4.69, 9.17) is 0 Å². The molecule has 0 radical (unpaired) electrons. The molecule has 0 saturated carbocycles. The smallest absolute Gasteiger partial charge is 0.170 e. The molecule has 0 saturated heterocycles. The Morgan fingerprint density at radius 1 is 1.09 bits per heavy atom. The first kappa shape index (κ1) is 9.09. The molecular weight excluding hydrogens is 268 g/mol. The Morgan fingerprint density at radius 3 is 2.00 bits per heavy atom. The van der Waals surface area contributed by atoms with Gasteiger partial charge in [0.15, 0.2) is 0 Å². The molecule has 4 heteroatoms. The Labute approximate surface area is 76.3 Å². The lowest BCUT2D eigenvalue weighted by Gasteiger charge is -2.21. The van der Waals surface area contributed by atoms with Gasteiger partial charge in [0.2, 0.25) is 0 Å². The van der Waals surface area contributed by atoms with Crippen LogP contribution in [0.5, 0.6) is 0 Å². The molecule has 0 N–H and O–H groups in total. The van der Waals surface area contributed by atoms with Gasteiger partial charge in [-0.1, -0.05) is 46.9 Å². The van der Waals surface area contributed by atoms with E-state index in [1.165, 1.54) is 12.2 Å². The van der Waals surface area contributed by atoms with Crippen molar-refractivity contribution in [3.8, 4) is 0 Å². The van der Waals surface area contributed by atoms with Crippen molar-refractivity contribution in [1.82, 2.24) is 0 Å². The normalized spacial score (nSPS) is 30.9. The summed E-state index contributed by atoms with van der Waals surface area (Å²) in [6.07, 6.45) is 1.72. The molecule has 0 fully saturated rings. The SMILES string of the molecule is FC(F)(F)C1C=CC=CC1I. The highest BCUT2D eigenvalue weighted by Crippen LogP contribution is 2.35. The summed E-state index contributed by atoms with van der Waals surface area (Å²) in [5, 5.41) is 0. The molecule has 0 aliphatic heterocycles. The van der Waals surface area contributed by atoms with Crippen LogP contribution in [0.4, 0.5) is 13.2 Å². The van der Waals surface area contributed by atoms with Crippen molar-refractivity contribution in [1.29, 1.82) is 0 Å². The third-order valence-electron chi connectivity index (χ3n) is 1.45. The molecule has 0 aromatic carbocycles. The van der Waals surface area contributed by atoms with Crippen molar-refractivity contribution in [3.05, 3.63) is 24.3 Å². The predicted molar refractivity (Wildman–Crippen MR) is 45.6 cm³/mol. The molecule has 1 aliphatic carbocycles. The second-order valence-electron chi connectivity index (χ2n) is 2.28. The van der Waals surface area contributed by atoms with Crippen LogP contribution in [0, 0.1) is 5.92 Å². The van der Waals surface area contributed by atoms with Gasteiger partial charge in [0.1, 0.15) is 0 Å². The Morgan fingerprint density at radius 2 is 1.64 bits per heavy atom. The molecule has 11 heavy (non-hydrogen) atoms. The van der Waals surface area contributed by atoms with Gasteiger partial charge in [-0.25, -0.2) is 0 Å². The standard InChI is InChI=1S/C7H6F3I/c8-7(9,10)5-3-1-2-4-6(5)11/h1-6H. The van der Waals surface area contributed by atoms with Crippen molar-refractivity contribution in [2.45, 2.75) is 10.1 Å². The van der Waals surface area contributed by atoms with Crippen LogP contribution in [-0.4, -0.2) is 10.1 Å². The fraction of sp³-hybridized carbons (Fsp3) is 0.429. The van der Waals surface area contributed by atoms with Crippen LogP contribution in [0.2, 0.25) is 0 Å². The maximum Gasteiger partial charge on any atom is 0.396 e. The zero-order chi connectivity index (χ0) is 8.48. The van der Waals surface area contributed by atoms with Gasteiger partial charge >= 0.3 is 6.18 Å². The van der Waals surface area contributed by atoms with E-state index < -0.39 is 16.0 Å². The molecule has 2 unspecified atom stereocenters. The minimum atomic E-state index is -4.10. The van der Waals surface area contributed by atoms with Crippen LogP contribution < -0.4 is 0 Å². The van der Waals surface area contributed by atoms with Crippen molar-refractivity contribution in [2.24, 2.45) is 5.92 Å². The molecule has 0 spiro atoms. The highest BCUT2D eigenvalue weighted by Gasteiger charge is 2.41. The molecule has 0 bridgehead atoms. The zero-order valence-electron chi connectivity index (χ0n) is 5.48. The highest BCUT2D eigenvalue weighted by atomic mass is 127. The predicted octanol–water partition coefficient (Wildman–Crippen LogP) is 3.09. The summed E-state index contributed by atoms with van der Waals surface area (Å²) in [6.45, 7) is 0. The van der Waals surface area contributed by atoms with Gasteiger partial charge in [0.05, 0.1) is 5.92 Å². The second kappa shape index (κ2) is 3.16. The maximum atomic E-state index is 12.1. The summed E-state index contributed by atoms with van der Waals surface area (Å²) in [7, 11) is 0. The molecule has 2 atom stereocenters. The van der Waals surface area contributed by atoms with E-state index in [1.54, 1.807) is 34.7 Å². The third-order valence-corrected chi connectivity index (χ3v) is 2.64. The maximum absolute atomic E-state index is 12.1. The summed E-state index contributed by atoms with van der Waals surface area (Å²) in [4.78, 5) is 0. The summed E-state index contributed by atoms with van der Waals surface area (Å²) in [6, 6.07) is 0. The third kappa shape index (κ3) is 2.21. The molecular formula is C7H6F3I. The van der Waals surface area contributed by atoms with Crippen LogP contribution in [0.25, 0.3) is 0 Å². The molecule has 62 valence electrons. The van der Waals surface area contributed by atoms with Gasteiger partial charge in [-0.3, -0.25) is 0 Å². The number of hydrogen-bond acceptors (Lipinski definition) is 0. The molecule has 1 aliphatic rings. The van der Waals surface area contributed by atoms with Crippen molar-refractivity contribution < 1.29 is 13.2 Å². The largest absolute Gasteiger partial charge is 0.396 e. The number of halogens is 4. The quantitative estimate of drug-likeness (QED) is 0.470. The highest BCUT2D eigenvalue weighted by molar-refractivity contribution is 14.1. The average Bonchev–Trinajstić information content (AvgIpc) is 1.86. The first-order valence-electron chi connectivity index (χ1n) is 3.07. The second-order valence-corrected chi connectivity index (χ2v) is 3.72. The summed E-state index contributed by atoms with van der Waals surface area (Å²) < 4.78 is 35.8. The lowest BCUT2D eigenvalue weighted by atomic mass is 10.0. The fourth-order valence-electron chi connectivity index (χ4n) is 0.870. The van der Waals surface area contributed by atoms with Crippen molar-refractivity contribution in [3.63, 3.8) is 0 Å². The zero-order valence-corrected chi connectivity index (χ0v) is 7.63. The van der Waals surface area contributed by atoms with Gasteiger partial charge < -0.3 is 0 Å². The lowest BCUT2D eigenvalue weighted by molar-refractivity contribution is -0.158. The first-order chi connectivity index (χ1) is 5.02. The average molecular weight is 274 g/mol. The Kier molecular flexibility index (Phi) is 2.61. The minimum Gasteiger partial charge on any atom is -0.170 e. The van der Waals surface area contributed by atoms with Gasteiger partial charge in [-0.15, -0.1) is 0 Å². The van der Waals surface area contributed by atoms with Crippen LogP contribution in [0.1, 0.15) is 0 Å². The van der Waals surface area contributed by atoms with E-state index in [0.717, 1.165) is 0 Å². The lowest BCUT2D eigenvalue weighted by Crippen LogP contribution is -2.28. The molecule has 0 aromatic heterocycles. The Hall–Kier alpha value is -0.000000000000000111. The van der Waals surface area contributed by atoms with Crippen molar-refractivity contribution in [2.75, 3.05) is 0 Å². The summed E-state index contributed by atoms with van der Waals surface area (Å²) in [5.74, 6) is -1.31. The number of hydrogen-bond donors (Lipinski definition) is 0. The van der Waals surface area contributed by atoms with Crippen LogP contribution in [0.3, 0.4) is 0 Å². The minimum absolute atomic E-state index is 0.461.